The number of esters is 1. The highest BCUT2D eigenvalue weighted by molar-refractivity contribution is 5.78. The molecule has 0 fully saturated rings. The molecule has 1 amide bonds. The summed E-state index contributed by atoms with van der Waals surface area (Å²) in [5, 5.41) is 0. The van der Waals surface area contributed by atoms with Gasteiger partial charge in [0, 0.05) is 24.7 Å². The minimum Gasteiger partial charge on any atom is -0.496 e. The van der Waals surface area contributed by atoms with Crippen molar-refractivity contribution in [2.45, 2.75) is 32.6 Å². The van der Waals surface area contributed by atoms with Crippen molar-refractivity contribution >= 4 is 12.1 Å². The third kappa shape index (κ3) is 5.43. The van der Waals surface area contributed by atoms with E-state index in [0.717, 1.165) is 11.1 Å². The van der Waals surface area contributed by atoms with Crippen LogP contribution in [0.25, 0.3) is 11.1 Å². The van der Waals surface area contributed by atoms with Gasteiger partial charge < -0.3 is 23.8 Å². The Labute approximate surface area is 209 Å². The van der Waals surface area contributed by atoms with Gasteiger partial charge in [0.1, 0.15) is 23.9 Å². The minimum atomic E-state index is -0.792. The largest absolute Gasteiger partial charge is 0.496 e. The van der Waals surface area contributed by atoms with Gasteiger partial charge in [0.15, 0.2) is 6.10 Å². The number of fused-ring (bicyclic) bond motifs is 1. The van der Waals surface area contributed by atoms with Crippen LogP contribution in [0.3, 0.4) is 0 Å². The highest BCUT2D eigenvalue weighted by Gasteiger charge is 2.27. The van der Waals surface area contributed by atoms with Gasteiger partial charge >= 0.3 is 12.1 Å². The first-order valence-electron chi connectivity index (χ1n) is 11.6. The number of halogens is 1. The standard InChI is InChI=1S/C28H28FNO6/c1-18(27(31)34-3)36-20-9-10-23(26(15-20)33-2)21-11-12-25(29)22-13-14-30(16-24(21)22)28(32)35-17-19-7-5-4-6-8-19/h4-12,15,18H,13-14,16-17H2,1-3H3. The predicted octanol–water partition coefficient (Wildman–Crippen LogP) is 5.14. The van der Waals surface area contributed by atoms with Gasteiger partial charge in [0.2, 0.25) is 0 Å². The Morgan fingerprint density at radius 1 is 1.00 bits per heavy atom. The molecule has 1 heterocycles. The maximum atomic E-state index is 14.7. The zero-order valence-electron chi connectivity index (χ0n) is 20.5. The van der Waals surface area contributed by atoms with Crippen LogP contribution < -0.4 is 9.47 Å². The Hall–Kier alpha value is -4.07. The summed E-state index contributed by atoms with van der Waals surface area (Å²) in [6.07, 6.45) is -0.873. The monoisotopic (exact) mass is 493 g/mol. The number of nitrogens with zero attached hydrogens (tertiary/aromatic N) is 1. The van der Waals surface area contributed by atoms with Crippen LogP contribution in [0.5, 0.6) is 11.5 Å². The lowest BCUT2D eigenvalue weighted by molar-refractivity contribution is -0.147. The van der Waals surface area contributed by atoms with Crippen LogP contribution in [-0.2, 0) is 33.8 Å². The predicted molar refractivity (Wildman–Crippen MR) is 131 cm³/mol. The van der Waals surface area contributed by atoms with Crippen LogP contribution in [0.15, 0.2) is 60.7 Å². The Bertz CT molecular complexity index is 1250. The topological polar surface area (TPSA) is 74.3 Å². The van der Waals surface area contributed by atoms with E-state index < -0.39 is 18.2 Å². The number of amides is 1. The molecule has 1 unspecified atom stereocenters. The first kappa shape index (κ1) is 25.0. The smallest absolute Gasteiger partial charge is 0.410 e. The van der Waals surface area contributed by atoms with Crippen LogP contribution in [0.1, 0.15) is 23.6 Å². The van der Waals surface area contributed by atoms with Gasteiger partial charge in [-0.3, -0.25) is 0 Å². The molecular formula is C28H28FNO6. The summed E-state index contributed by atoms with van der Waals surface area (Å²) < 4.78 is 36.2. The van der Waals surface area contributed by atoms with Crippen LogP contribution in [0, 0.1) is 5.82 Å². The molecule has 3 aromatic carbocycles. The Balaban J connectivity index is 1.58. The molecule has 0 radical (unpaired) electrons. The van der Waals surface area contributed by atoms with Crippen molar-refractivity contribution in [3.8, 4) is 22.6 Å². The van der Waals surface area contributed by atoms with E-state index in [1.807, 2.05) is 30.3 Å². The number of carbonyl (C=O) groups is 2. The van der Waals surface area contributed by atoms with Gasteiger partial charge in [0.25, 0.3) is 0 Å². The Morgan fingerprint density at radius 2 is 1.75 bits per heavy atom. The molecule has 1 atom stereocenters. The molecule has 3 aromatic rings. The number of hydrogen-bond acceptors (Lipinski definition) is 6. The average Bonchev–Trinajstić information content (AvgIpc) is 2.92. The van der Waals surface area contributed by atoms with Crippen molar-refractivity contribution in [2.75, 3.05) is 20.8 Å². The zero-order chi connectivity index (χ0) is 25.7. The molecule has 0 N–H and O–H groups in total. The third-order valence-corrected chi connectivity index (χ3v) is 6.13. The molecule has 4 rings (SSSR count). The van der Waals surface area contributed by atoms with E-state index in [1.165, 1.54) is 20.3 Å². The number of benzene rings is 3. The van der Waals surface area contributed by atoms with Crippen molar-refractivity contribution in [2.24, 2.45) is 0 Å². The van der Waals surface area contributed by atoms with E-state index in [9.17, 15) is 14.0 Å². The number of rotatable bonds is 7. The van der Waals surface area contributed by atoms with Crippen LogP contribution in [0.2, 0.25) is 0 Å². The summed E-state index contributed by atoms with van der Waals surface area (Å²) in [7, 11) is 2.82. The average molecular weight is 494 g/mol. The summed E-state index contributed by atoms with van der Waals surface area (Å²) in [4.78, 5) is 26.1. The highest BCUT2D eigenvalue weighted by atomic mass is 19.1. The third-order valence-electron chi connectivity index (χ3n) is 6.13. The second kappa shape index (κ2) is 11.1. The fourth-order valence-corrected chi connectivity index (χ4v) is 4.24. The van der Waals surface area contributed by atoms with Gasteiger partial charge in [-0.1, -0.05) is 36.4 Å². The number of methoxy groups -OCH3 is 2. The molecule has 7 nitrogen and oxygen atoms in total. The van der Waals surface area contributed by atoms with Gasteiger partial charge in [-0.05, 0) is 53.8 Å². The molecule has 0 saturated carbocycles. The van der Waals surface area contributed by atoms with E-state index in [-0.39, 0.29) is 19.0 Å². The molecule has 0 saturated heterocycles. The van der Waals surface area contributed by atoms with E-state index in [4.69, 9.17) is 18.9 Å². The summed E-state index contributed by atoms with van der Waals surface area (Å²) in [5.41, 5.74) is 3.63. The summed E-state index contributed by atoms with van der Waals surface area (Å²) in [6.45, 7) is 2.32. The van der Waals surface area contributed by atoms with E-state index in [0.29, 0.717) is 41.2 Å². The summed E-state index contributed by atoms with van der Waals surface area (Å²) >= 11 is 0. The summed E-state index contributed by atoms with van der Waals surface area (Å²) in [5.74, 6) is 0.111. The van der Waals surface area contributed by atoms with Crippen LogP contribution >= 0.6 is 0 Å². The maximum absolute atomic E-state index is 14.7. The van der Waals surface area contributed by atoms with Crippen LogP contribution in [-0.4, -0.2) is 43.8 Å². The minimum absolute atomic E-state index is 0.165. The lowest BCUT2D eigenvalue weighted by atomic mass is 9.90. The zero-order valence-corrected chi connectivity index (χ0v) is 20.5. The molecule has 36 heavy (non-hydrogen) atoms. The summed E-state index contributed by atoms with van der Waals surface area (Å²) in [6, 6.07) is 17.7. The number of carbonyl (C=O) groups excluding carboxylic acids is 2. The lowest BCUT2D eigenvalue weighted by Crippen LogP contribution is -2.37. The van der Waals surface area contributed by atoms with E-state index in [1.54, 1.807) is 36.1 Å². The molecule has 0 bridgehead atoms. The Morgan fingerprint density at radius 3 is 2.47 bits per heavy atom. The molecule has 1 aliphatic heterocycles. The molecule has 0 spiro atoms. The highest BCUT2D eigenvalue weighted by Crippen LogP contribution is 2.39. The molecule has 0 aromatic heterocycles. The molecule has 1 aliphatic rings. The van der Waals surface area contributed by atoms with Crippen molar-refractivity contribution in [1.82, 2.24) is 4.90 Å². The van der Waals surface area contributed by atoms with Gasteiger partial charge in [-0.15, -0.1) is 0 Å². The van der Waals surface area contributed by atoms with Gasteiger partial charge in [-0.25, -0.2) is 14.0 Å². The fourth-order valence-electron chi connectivity index (χ4n) is 4.24. The first-order chi connectivity index (χ1) is 17.4. The lowest BCUT2D eigenvalue weighted by Gasteiger charge is -2.30. The first-order valence-corrected chi connectivity index (χ1v) is 11.6. The molecule has 0 aliphatic carbocycles. The molecule has 188 valence electrons. The SMILES string of the molecule is COC(=O)C(C)Oc1ccc(-c2ccc(F)c3c2CN(C(=O)OCc2ccccc2)CC3)c(OC)c1. The van der Waals surface area contributed by atoms with Crippen molar-refractivity contribution in [3.05, 3.63) is 83.2 Å². The van der Waals surface area contributed by atoms with E-state index >= 15 is 0 Å². The van der Waals surface area contributed by atoms with Crippen molar-refractivity contribution in [3.63, 3.8) is 0 Å². The number of hydrogen-bond donors (Lipinski definition) is 0. The molecule has 8 heteroatoms. The van der Waals surface area contributed by atoms with Crippen molar-refractivity contribution in [1.29, 1.82) is 0 Å². The van der Waals surface area contributed by atoms with Gasteiger partial charge in [-0.2, -0.15) is 0 Å². The van der Waals surface area contributed by atoms with Crippen LogP contribution in [0.4, 0.5) is 9.18 Å². The fraction of sp³-hybridized carbons (Fsp3) is 0.286. The normalized spacial score (nSPS) is 13.4. The number of ether oxygens (including phenoxy) is 4. The second-order valence-corrected chi connectivity index (χ2v) is 8.41. The Kier molecular flexibility index (Phi) is 7.73. The molecular weight excluding hydrogens is 465 g/mol. The van der Waals surface area contributed by atoms with Crippen molar-refractivity contribution < 1.29 is 32.9 Å². The second-order valence-electron chi connectivity index (χ2n) is 8.41. The van der Waals surface area contributed by atoms with Gasteiger partial charge in [0.05, 0.1) is 14.2 Å². The quantitative estimate of drug-likeness (QED) is 0.425. The maximum Gasteiger partial charge on any atom is 0.410 e. The van der Waals surface area contributed by atoms with E-state index in [2.05, 4.69) is 0 Å².